The van der Waals surface area contributed by atoms with Crippen molar-refractivity contribution in [3.63, 3.8) is 0 Å². The lowest BCUT2D eigenvalue weighted by Gasteiger charge is -2.14. The molecule has 4 aromatic rings. The predicted molar refractivity (Wildman–Crippen MR) is 138 cm³/mol. The van der Waals surface area contributed by atoms with Gasteiger partial charge in [0, 0.05) is 30.0 Å². The molecule has 0 aliphatic heterocycles. The van der Waals surface area contributed by atoms with Crippen LogP contribution in [-0.2, 0) is 19.6 Å². The number of aryl methyl sites for hydroxylation is 2. The Hall–Kier alpha value is -4.14. The zero-order valence-corrected chi connectivity index (χ0v) is 20.2. The molecule has 4 rings (SSSR count). The van der Waals surface area contributed by atoms with E-state index in [2.05, 4.69) is 20.6 Å². The number of fused-ring (bicyclic) bond motifs is 1. The van der Waals surface area contributed by atoms with Crippen molar-refractivity contribution in [2.45, 2.75) is 53.2 Å². The molecule has 0 saturated heterocycles. The minimum atomic E-state index is -0.436. The molecule has 0 bridgehead atoms. The van der Waals surface area contributed by atoms with Crippen molar-refractivity contribution >= 4 is 28.4 Å². The predicted octanol–water partition coefficient (Wildman–Crippen LogP) is 3.88. The SMILES string of the molecule is CCCCn1c(=O)[nH]c(=O)c2c1nc(CNc1cccc(NC(=O)c3ccccc3)c1C)n2CC. The van der Waals surface area contributed by atoms with Crippen molar-refractivity contribution in [2.24, 2.45) is 0 Å². The van der Waals surface area contributed by atoms with Gasteiger partial charge in [-0.05, 0) is 50.1 Å². The van der Waals surface area contributed by atoms with Crippen LogP contribution >= 0.6 is 0 Å². The zero-order chi connectivity index (χ0) is 24.9. The van der Waals surface area contributed by atoms with Crippen LogP contribution in [0.25, 0.3) is 11.2 Å². The zero-order valence-electron chi connectivity index (χ0n) is 20.2. The number of amides is 1. The number of anilines is 2. The molecular weight excluding hydrogens is 444 g/mol. The molecule has 0 fully saturated rings. The molecule has 0 unspecified atom stereocenters. The summed E-state index contributed by atoms with van der Waals surface area (Å²) in [5.74, 6) is 0.477. The minimum absolute atomic E-state index is 0.178. The largest absolute Gasteiger partial charge is 0.378 e. The highest BCUT2D eigenvalue weighted by Crippen LogP contribution is 2.25. The van der Waals surface area contributed by atoms with Crippen LogP contribution in [0.2, 0.25) is 0 Å². The average molecular weight is 475 g/mol. The van der Waals surface area contributed by atoms with Gasteiger partial charge in [-0.3, -0.25) is 19.1 Å². The number of benzene rings is 2. The van der Waals surface area contributed by atoms with Crippen molar-refractivity contribution in [1.82, 2.24) is 19.1 Å². The molecule has 2 heterocycles. The molecular formula is C26H30N6O3. The van der Waals surface area contributed by atoms with E-state index in [9.17, 15) is 14.4 Å². The first-order chi connectivity index (χ1) is 16.9. The number of unbranched alkanes of at least 4 members (excludes halogenated alkanes) is 1. The number of imidazole rings is 1. The Labute approximate surface area is 202 Å². The molecule has 182 valence electrons. The number of rotatable bonds is 9. The number of hydrogen-bond acceptors (Lipinski definition) is 5. The summed E-state index contributed by atoms with van der Waals surface area (Å²) in [5.41, 5.74) is 2.96. The summed E-state index contributed by atoms with van der Waals surface area (Å²) >= 11 is 0. The normalized spacial score (nSPS) is 11.1. The molecule has 0 spiro atoms. The molecule has 0 atom stereocenters. The number of carbonyl (C=O) groups excluding carboxylic acids is 1. The van der Waals surface area contributed by atoms with E-state index in [0.29, 0.717) is 47.9 Å². The van der Waals surface area contributed by atoms with Crippen LogP contribution in [0.3, 0.4) is 0 Å². The third-order valence-electron chi connectivity index (χ3n) is 6.07. The lowest BCUT2D eigenvalue weighted by Crippen LogP contribution is -2.31. The number of H-pyrrole nitrogens is 1. The van der Waals surface area contributed by atoms with Crippen LogP contribution in [0.4, 0.5) is 11.4 Å². The van der Waals surface area contributed by atoms with Crippen LogP contribution in [-0.4, -0.2) is 25.0 Å². The van der Waals surface area contributed by atoms with Gasteiger partial charge < -0.3 is 15.2 Å². The second-order valence-electron chi connectivity index (χ2n) is 8.36. The Morgan fingerprint density at radius 1 is 1.00 bits per heavy atom. The minimum Gasteiger partial charge on any atom is -0.378 e. The molecule has 2 aromatic carbocycles. The van der Waals surface area contributed by atoms with Gasteiger partial charge in [0.2, 0.25) is 0 Å². The van der Waals surface area contributed by atoms with E-state index in [-0.39, 0.29) is 5.91 Å². The maximum absolute atomic E-state index is 12.6. The van der Waals surface area contributed by atoms with Crippen LogP contribution in [0.15, 0.2) is 58.1 Å². The van der Waals surface area contributed by atoms with Crippen molar-refractivity contribution in [2.75, 3.05) is 10.6 Å². The van der Waals surface area contributed by atoms with Crippen molar-refractivity contribution < 1.29 is 4.79 Å². The molecule has 0 saturated carbocycles. The number of carbonyl (C=O) groups is 1. The van der Waals surface area contributed by atoms with Crippen LogP contribution in [0.1, 0.15) is 48.4 Å². The smallest absolute Gasteiger partial charge is 0.330 e. The highest BCUT2D eigenvalue weighted by atomic mass is 16.2. The Kier molecular flexibility index (Phi) is 7.14. The topological polar surface area (TPSA) is 114 Å². The van der Waals surface area contributed by atoms with Gasteiger partial charge in [0.1, 0.15) is 5.82 Å². The third kappa shape index (κ3) is 4.89. The van der Waals surface area contributed by atoms with Gasteiger partial charge in [0.25, 0.3) is 11.5 Å². The fourth-order valence-electron chi connectivity index (χ4n) is 4.14. The molecule has 1 amide bonds. The van der Waals surface area contributed by atoms with Crippen LogP contribution < -0.4 is 21.9 Å². The summed E-state index contributed by atoms with van der Waals surface area (Å²) < 4.78 is 3.38. The fraction of sp³-hybridized carbons (Fsp3) is 0.308. The van der Waals surface area contributed by atoms with E-state index < -0.39 is 11.2 Å². The molecule has 2 aromatic heterocycles. The molecule has 9 heteroatoms. The standard InChI is InChI=1S/C26H30N6O3/c1-4-6-15-32-23-22(25(34)30-26(32)35)31(5-2)21(29-23)16-27-19-13-10-14-20(17(19)3)28-24(33)18-11-8-7-9-12-18/h7-14,27H,4-6,15-16H2,1-3H3,(H,28,33)(H,30,34,35). The van der Waals surface area contributed by atoms with Gasteiger partial charge in [0.05, 0.1) is 6.54 Å². The quantitative estimate of drug-likeness (QED) is 0.341. The number of aromatic nitrogens is 4. The number of hydrogen-bond donors (Lipinski definition) is 3. The second kappa shape index (κ2) is 10.4. The highest BCUT2D eigenvalue weighted by molar-refractivity contribution is 6.04. The summed E-state index contributed by atoms with van der Waals surface area (Å²) in [6.45, 7) is 7.30. The Balaban J connectivity index is 1.62. The van der Waals surface area contributed by atoms with E-state index in [1.54, 1.807) is 16.7 Å². The van der Waals surface area contributed by atoms with Crippen LogP contribution in [0.5, 0.6) is 0 Å². The first-order valence-corrected chi connectivity index (χ1v) is 11.9. The summed E-state index contributed by atoms with van der Waals surface area (Å²) in [6, 6.07) is 14.7. The molecule has 3 N–H and O–H groups in total. The Morgan fingerprint density at radius 2 is 1.74 bits per heavy atom. The molecule has 35 heavy (non-hydrogen) atoms. The van der Waals surface area contributed by atoms with Crippen molar-refractivity contribution in [3.8, 4) is 0 Å². The number of aromatic amines is 1. The summed E-state index contributed by atoms with van der Waals surface area (Å²) in [6.07, 6.45) is 1.74. The highest BCUT2D eigenvalue weighted by Gasteiger charge is 2.18. The van der Waals surface area contributed by atoms with Gasteiger partial charge in [-0.15, -0.1) is 0 Å². The Bertz CT molecular complexity index is 1470. The maximum Gasteiger partial charge on any atom is 0.330 e. The molecule has 9 nitrogen and oxygen atoms in total. The Morgan fingerprint density at radius 3 is 2.46 bits per heavy atom. The van der Waals surface area contributed by atoms with E-state index in [1.807, 2.05) is 61.7 Å². The fourth-order valence-corrected chi connectivity index (χ4v) is 4.14. The third-order valence-corrected chi connectivity index (χ3v) is 6.07. The van der Waals surface area contributed by atoms with E-state index >= 15 is 0 Å². The van der Waals surface area contributed by atoms with E-state index in [1.165, 1.54) is 0 Å². The lowest BCUT2D eigenvalue weighted by molar-refractivity contribution is 0.102. The van der Waals surface area contributed by atoms with Gasteiger partial charge in [0.15, 0.2) is 11.2 Å². The number of nitrogens with one attached hydrogen (secondary N) is 3. The second-order valence-corrected chi connectivity index (χ2v) is 8.36. The van der Waals surface area contributed by atoms with E-state index in [4.69, 9.17) is 0 Å². The summed E-state index contributed by atoms with van der Waals surface area (Å²) in [4.78, 5) is 44.8. The first kappa shape index (κ1) is 24.0. The molecule has 0 aliphatic carbocycles. The summed E-state index contributed by atoms with van der Waals surface area (Å²) in [7, 11) is 0. The van der Waals surface area contributed by atoms with E-state index in [0.717, 1.165) is 24.1 Å². The van der Waals surface area contributed by atoms with Crippen molar-refractivity contribution in [3.05, 3.63) is 86.3 Å². The number of nitrogens with zero attached hydrogens (tertiary/aromatic N) is 3. The maximum atomic E-state index is 12.6. The summed E-state index contributed by atoms with van der Waals surface area (Å²) in [5, 5.41) is 6.35. The monoisotopic (exact) mass is 474 g/mol. The molecule has 0 aliphatic rings. The lowest BCUT2D eigenvalue weighted by atomic mass is 10.1. The van der Waals surface area contributed by atoms with Gasteiger partial charge in [-0.1, -0.05) is 37.6 Å². The first-order valence-electron chi connectivity index (χ1n) is 11.9. The van der Waals surface area contributed by atoms with Crippen molar-refractivity contribution in [1.29, 1.82) is 0 Å². The van der Waals surface area contributed by atoms with Crippen LogP contribution in [0, 0.1) is 6.92 Å². The van der Waals surface area contributed by atoms with Gasteiger partial charge >= 0.3 is 5.69 Å². The average Bonchev–Trinajstić information content (AvgIpc) is 3.23. The molecule has 0 radical (unpaired) electrons. The van der Waals surface area contributed by atoms with Gasteiger partial charge in [-0.2, -0.15) is 0 Å². The van der Waals surface area contributed by atoms with Gasteiger partial charge in [-0.25, -0.2) is 9.78 Å².